The van der Waals surface area contributed by atoms with Crippen molar-refractivity contribution in [3.63, 3.8) is 0 Å². The van der Waals surface area contributed by atoms with Gasteiger partial charge in [0.1, 0.15) is 0 Å². The van der Waals surface area contributed by atoms with Gasteiger partial charge in [-0.1, -0.05) is 45.4 Å². The molecule has 0 aliphatic carbocycles. The molecule has 0 saturated heterocycles. The van der Waals surface area contributed by atoms with Gasteiger partial charge in [-0.2, -0.15) is 0 Å². The fourth-order valence-corrected chi connectivity index (χ4v) is 0.750. The Balaban J connectivity index is -0.000000250. The first-order valence-corrected chi connectivity index (χ1v) is 6.49. The molecule has 0 unspecified atom stereocenters. The molecule has 0 aromatic heterocycles. The van der Waals surface area contributed by atoms with Crippen LogP contribution in [0.25, 0.3) is 0 Å². The molecule has 0 radical (unpaired) electrons. The number of nitrogens with two attached hydrogens (primary N) is 1. The molecule has 116 valence electrons. The number of esters is 1. The Kier molecular flexibility index (Phi) is 19.7. The summed E-state index contributed by atoms with van der Waals surface area (Å²) >= 11 is 0. The molecule has 0 fully saturated rings. The summed E-state index contributed by atoms with van der Waals surface area (Å²) in [6.07, 6.45) is 0. The van der Waals surface area contributed by atoms with E-state index in [9.17, 15) is 14.9 Å². The van der Waals surface area contributed by atoms with Gasteiger partial charge in [0, 0.05) is 12.1 Å². The largest absolute Gasteiger partial charge is 0.468 e. The zero-order valence-electron chi connectivity index (χ0n) is 13.2. The normalized spacial score (nSPS) is 7.55. The first-order chi connectivity index (χ1) is 9.51. The fourth-order valence-electron chi connectivity index (χ4n) is 0.750. The van der Waals surface area contributed by atoms with Crippen molar-refractivity contribution in [1.82, 2.24) is 0 Å². The molecule has 0 heterocycles. The number of rotatable bonds is 2. The van der Waals surface area contributed by atoms with Gasteiger partial charge in [-0.05, 0) is 6.92 Å². The van der Waals surface area contributed by atoms with E-state index in [0.29, 0.717) is 0 Å². The number of nitro benzene ring substituents is 1. The van der Waals surface area contributed by atoms with Gasteiger partial charge in [-0.15, -0.1) is 0 Å². The highest BCUT2D eigenvalue weighted by Crippen LogP contribution is 2.10. The second-order valence-corrected chi connectivity index (χ2v) is 2.87. The van der Waals surface area contributed by atoms with Crippen molar-refractivity contribution in [3.8, 4) is 0 Å². The van der Waals surface area contributed by atoms with Gasteiger partial charge in [0.25, 0.3) is 5.69 Å². The van der Waals surface area contributed by atoms with Crippen molar-refractivity contribution in [2.75, 3.05) is 13.7 Å². The summed E-state index contributed by atoms with van der Waals surface area (Å²) in [6.45, 7) is 9.86. The lowest BCUT2D eigenvalue weighted by Crippen LogP contribution is -2.14. The standard InChI is InChI=1S/C7H7NO2.C3H7NO2.2C2H6/c1-6-2-4-7(5-3-6)8(9)10;1-6-3(5)2-4;2*1-2/h2-5H,1H3;2,4H2,1H3;2*1-2H3. The van der Waals surface area contributed by atoms with Crippen LogP contribution in [0.15, 0.2) is 24.3 Å². The number of carbonyl (C=O) groups is 1. The number of non-ortho nitro benzene ring substituents is 1. The summed E-state index contributed by atoms with van der Waals surface area (Å²) in [4.78, 5) is 19.5. The van der Waals surface area contributed by atoms with Gasteiger partial charge in [-0.3, -0.25) is 14.9 Å². The van der Waals surface area contributed by atoms with E-state index in [1.165, 1.54) is 19.2 Å². The third-order valence-corrected chi connectivity index (χ3v) is 1.64. The van der Waals surface area contributed by atoms with Crippen molar-refractivity contribution in [3.05, 3.63) is 39.9 Å². The van der Waals surface area contributed by atoms with Crippen LogP contribution in [0.5, 0.6) is 0 Å². The summed E-state index contributed by atoms with van der Waals surface area (Å²) < 4.78 is 4.14. The predicted octanol–water partition coefficient (Wildman–Crippen LogP) is 3.07. The number of benzene rings is 1. The average molecular weight is 286 g/mol. The summed E-state index contributed by atoms with van der Waals surface area (Å²) in [7, 11) is 1.30. The molecule has 0 bridgehead atoms. The summed E-state index contributed by atoms with van der Waals surface area (Å²) in [5.74, 6) is -0.380. The Morgan fingerprint density at radius 2 is 1.60 bits per heavy atom. The van der Waals surface area contributed by atoms with Crippen LogP contribution in [0.1, 0.15) is 33.3 Å². The van der Waals surface area contributed by atoms with E-state index in [-0.39, 0.29) is 18.2 Å². The number of ether oxygens (including phenoxy) is 1. The Morgan fingerprint density at radius 1 is 1.20 bits per heavy atom. The molecule has 2 N–H and O–H groups in total. The Labute approximate surface area is 121 Å². The van der Waals surface area contributed by atoms with Crippen molar-refractivity contribution >= 4 is 11.7 Å². The van der Waals surface area contributed by atoms with Gasteiger partial charge in [0.15, 0.2) is 0 Å². The van der Waals surface area contributed by atoms with Crippen molar-refractivity contribution < 1.29 is 14.5 Å². The number of aryl methyl sites for hydroxylation is 1. The molecular weight excluding hydrogens is 260 g/mol. The highest BCUT2D eigenvalue weighted by Gasteiger charge is 2.00. The van der Waals surface area contributed by atoms with E-state index in [4.69, 9.17) is 5.73 Å². The maximum Gasteiger partial charge on any atom is 0.319 e. The molecule has 0 amide bonds. The minimum absolute atomic E-state index is 0.0312. The number of carbonyl (C=O) groups excluding carboxylic acids is 1. The lowest BCUT2D eigenvalue weighted by atomic mass is 10.2. The van der Waals surface area contributed by atoms with Crippen LogP contribution in [0.4, 0.5) is 5.69 Å². The molecule has 6 nitrogen and oxygen atoms in total. The second-order valence-electron chi connectivity index (χ2n) is 2.87. The minimum Gasteiger partial charge on any atom is -0.468 e. The van der Waals surface area contributed by atoms with Crippen molar-refractivity contribution in [2.45, 2.75) is 34.6 Å². The predicted molar refractivity (Wildman–Crippen MR) is 81.6 cm³/mol. The molecule has 0 aliphatic rings. The Morgan fingerprint density at radius 3 is 1.80 bits per heavy atom. The third-order valence-electron chi connectivity index (χ3n) is 1.64. The zero-order valence-corrected chi connectivity index (χ0v) is 13.2. The van der Waals surface area contributed by atoms with Crippen LogP contribution in [-0.2, 0) is 9.53 Å². The molecule has 0 spiro atoms. The number of methoxy groups -OCH3 is 1. The number of hydrogen-bond donors (Lipinski definition) is 1. The minimum atomic E-state index is -0.403. The summed E-state index contributed by atoms with van der Waals surface area (Å²) in [5, 5.41) is 10.1. The number of nitrogens with zero attached hydrogens (tertiary/aromatic N) is 1. The van der Waals surface area contributed by atoms with Gasteiger partial charge < -0.3 is 10.5 Å². The van der Waals surface area contributed by atoms with Gasteiger partial charge in [0.2, 0.25) is 0 Å². The van der Waals surface area contributed by atoms with Crippen molar-refractivity contribution in [1.29, 1.82) is 0 Å². The zero-order chi connectivity index (χ0) is 16.6. The molecule has 0 saturated carbocycles. The Bertz CT molecular complexity index is 345. The lowest BCUT2D eigenvalue weighted by Gasteiger charge is -1.90. The molecule has 6 heteroatoms. The fraction of sp³-hybridized carbons (Fsp3) is 0.500. The molecular formula is C14H26N2O4. The average Bonchev–Trinajstić information content (AvgIpc) is 2.51. The number of nitro groups is 1. The van der Waals surface area contributed by atoms with Crippen LogP contribution in [0, 0.1) is 17.0 Å². The van der Waals surface area contributed by atoms with Crippen LogP contribution in [0.3, 0.4) is 0 Å². The van der Waals surface area contributed by atoms with Gasteiger partial charge in [0.05, 0.1) is 18.6 Å². The summed E-state index contributed by atoms with van der Waals surface area (Å²) in [5.41, 5.74) is 5.99. The molecule has 0 aliphatic heterocycles. The Hall–Kier alpha value is -1.95. The summed E-state index contributed by atoms with van der Waals surface area (Å²) in [6, 6.07) is 6.43. The maximum absolute atomic E-state index is 10.1. The maximum atomic E-state index is 10.1. The number of hydrogen-bond acceptors (Lipinski definition) is 5. The van der Waals surface area contributed by atoms with Crippen LogP contribution in [-0.4, -0.2) is 24.5 Å². The molecule has 1 aromatic carbocycles. The first kappa shape index (κ1) is 23.2. The van der Waals surface area contributed by atoms with E-state index in [2.05, 4.69) is 4.74 Å². The highest BCUT2D eigenvalue weighted by molar-refractivity contribution is 5.70. The lowest BCUT2D eigenvalue weighted by molar-refractivity contribution is -0.384. The van der Waals surface area contributed by atoms with Gasteiger partial charge in [-0.25, -0.2) is 0 Å². The molecule has 0 atom stereocenters. The van der Waals surface area contributed by atoms with E-state index in [1.807, 2.05) is 34.6 Å². The van der Waals surface area contributed by atoms with Crippen LogP contribution >= 0.6 is 0 Å². The topological polar surface area (TPSA) is 95.5 Å². The molecule has 20 heavy (non-hydrogen) atoms. The van der Waals surface area contributed by atoms with Crippen LogP contribution < -0.4 is 5.73 Å². The van der Waals surface area contributed by atoms with Crippen LogP contribution in [0.2, 0.25) is 0 Å². The van der Waals surface area contributed by atoms with E-state index in [1.54, 1.807) is 12.1 Å². The van der Waals surface area contributed by atoms with E-state index in [0.717, 1.165) is 5.56 Å². The SMILES string of the molecule is CC.CC.COC(=O)CN.Cc1ccc([N+](=O)[O-])cc1. The van der Waals surface area contributed by atoms with E-state index < -0.39 is 4.92 Å². The third kappa shape index (κ3) is 14.1. The second kappa shape index (κ2) is 17.1. The monoisotopic (exact) mass is 286 g/mol. The van der Waals surface area contributed by atoms with Gasteiger partial charge >= 0.3 is 5.97 Å². The highest BCUT2D eigenvalue weighted by atomic mass is 16.6. The van der Waals surface area contributed by atoms with E-state index >= 15 is 0 Å². The molecule has 1 rings (SSSR count). The molecule has 1 aromatic rings. The van der Waals surface area contributed by atoms with Crippen molar-refractivity contribution in [2.24, 2.45) is 5.73 Å². The smallest absolute Gasteiger partial charge is 0.319 e. The first-order valence-electron chi connectivity index (χ1n) is 6.49. The quantitative estimate of drug-likeness (QED) is 0.512.